The Bertz CT molecular complexity index is 503. The molecule has 7 heteroatoms. The number of halogens is 3. The molecule has 1 aromatic rings. The molecule has 1 aromatic carbocycles. The van der Waals surface area contributed by atoms with Gasteiger partial charge in [0.25, 0.3) is 5.91 Å². The molecule has 0 aliphatic rings. The molecule has 0 aromatic heterocycles. The molecule has 21 heavy (non-hydrogen) atoms. The summed E-state index contributed by atoms with van der Waals surface area (Å²) in [5, 5.41) is 2.01. The number of anilines is 1. The van der Waals surface area contributed by atoms with Crippen molar-refractivity contribution in [2.45, 2.75) is 18.6 Å². The minimum absolute atomic E-state index is 0.160. The minimum Gasteiger partial charge on any atom is -0.382 e. The molecule has 0 saturated carbocycles. The maximum atomic E-state index is 13.1. The van der Waals surface area contributed by atoms with Crippen LogP contribution in [-0.4, -0.2) is 45.4 Å². The second-order valence-corrected chi connectivity index (χ2v) is 5.16. The molecule has 0 radical (unpaired) electrons. The molecule has 0 bridgehead atoms. The summed E-state index contributed by atoms with van der Waals surface area (Å²) < 4.78 is 43.8. The van der Waals surface area contributed by atoms with Crippen LogP contribution in [0.25, 0.3) is 0 Å². The number of rotatable bonds is 5. The van der Waals surface area contributed by atoms with Gasteiger partial charge in [-0.15, -0.1) is 0 Å². The molecule has 0 heterocycles. The predicted molar refractivity (Wildman–Crippen MR) is 74.6 cm³/mol. The van der Waals surface area contributed by atoms with Crippen LogP contribution < -0.4 is 10.2 Å². The first-order valence-corrected chi connectivity index (χ1v) is 6.26. The first kappa shape index (κ1) is 17.3. The van der Waals surface area contributed by atoms with Gasteiger partial charge in [-0.25, -0.2) is 0 Å². The lowest BCUT2D eigenvalue weighted by Gasteiger charge is -2.32. The maximum Gasteiger partial charge on any atom is 0.413 e. The van der Waals surface area contributed by atoms with Crippen molar-refractivity contribution in [1.82, 2.24) is 5.32 Å². The Labute approximate surface area is 121 Å². The van der Waals surface area contributed by atoms with E-state index in [1.54, 1.807) is 31.1 Å². The summed E-state index contributed by atoms with van der Waals surface area (Å²) in [6.07, 6.45) is -4.61. The van der Waals surface area contributed by atoms with Gasteiger partial charge in [0.15, 0.2) is 5.54 Å². The highest BCUT2D eigenvalue weighted by atomic mass is 19.4. The number of carbonyl (C=O) groups is 1. The smallest absolute Gasteiger partial charge is 0.382 e. The summed E-state index contributed by atoms with van der Waals surface area (Å²) in [5.74, 6) is -0.796. The SMILES string of the molecule is COC[C@](C)(NC(=O)c1cccc(N(C)C)c1)C(F)(F)F. The standard InChI is InChI=1S/C14H19F3N2O2/c1-13(9-21-4,14(15,16)17)18-12(20)10-6-5-7-11(8-10)19(2)3/h5-8H,9H2,1-4H3,(H,18,20)/t13-/m0/s1. The number of nitrogens with zero attached hydrogens (tertiary/aromatic N) is 1. The largest absolute Gasteiger partial charge is 0.413 e. The van der Waals surface area contributed by atoms with E-state index in [1.807, 2.05) is 5.32 Å². The normalized spacial score (nSPS) is 14.4. The van der Waals surface area contributed by atoms with Crippen LogP contribution in [0.4, 0.5) is 18.9 Å². The van der Waals surface area contributed by atoms with Crippen molar-refractivity contribution < 1.29 is 22.7 Å². The minimum atomic E-state index is -4.61. The van der Waals surface area contributed by atoms with Crippen LogP contribution in [-0.2, 0) is 4.74 Å². The van der Waals surface area contributed by atoms with E-state index < -0.39 is 24.2 Å². The van der Waals surface area contributed by atoms with Crippen molar-refractivity contribution >= 4 is 11.6 Å². The van der Waals surface area contributed by atoms with E-state index in [4.69, 9.17) is 0 Å². The summed E-state index contributed by atoms with van der Waals surface area (Å²) in [6, 6.07) is 6.37. The molecule has 118 valence electrons. The van der Waals surface area contributed by atoms with Crippen LogP contribution in [0.2, 0.25) is 0 Å². The number of hydrogen-bond acceptors (Lipinski definition) is 3. The quantitative estimate of drug-likeness (QED) is 0.908. The fourth-order valence-electron chi connectivity index (χ4n) is 1.73. The summed E-state index contributed by atoms with van der Waals surface area (Å²) in [5.41, 5.74) is -1.55. The molecule has 0 aliphatic heterocycles. The number of ether oxygens (including phenoxy) is 1. The number of alkyl halides is 3. The molecular weight excluding hydrogens is 285 g/mol. The second-order valence-electron chi connectivity index (χ2n) is 5.16. The number of amides is 1. The molecule has 4 nitrogen and oxygen atoms in total. The molecule has 1 atom stereocenters. The van der Waals surface area contributed by atoms with Crippen molar-refractivity contribution in [1.29, 1.82) is 0 Å². The third-order valence-electron chi connectivity index (χ3n) is 3.07. The predicted octanol–water partition coefficient (Wildman–Crippen LogP) is 2.45. The molecule has 1 rings (SSSR count). The Hall–Kier alpha value is -1.76. The fraction of sp³-hybridized carbons (Fsp3) is 0.500. The highest BCUT2D eigenvalue weighted by molar-refractivity contribution is 5.95. The van der Waals surface area contributed by atoms with Crippen molar-refractivity contribution in [3.8, 4) is 0 Å². The third kappa shape index (κ3) is 4.10. The van der Waals surface area contributed by atoms with Crippen molar-refractivity contribution in [2.24, 2.45) is 0 Å². The molecule has 1 amide bonds. The Kier molecular flexibility index (Phi) is 5.22. The summed E-state index contributed by atoms with van der Waals surface area (Å²) >= 11 is 0. The van der Waals surface area contributed by atoms with Crippen LogP contribution in [0, 0.1) is 0 Å². The van der Waals surface area contributed by atoms with Gasteiger partial charge >= 0.3 is 6.18 Å². The van der Waals surface area contributed by atoms with Gasteiger partial charge in [-0.2, -0.15) is 13.2 Å². The van der Waals surface area contributed by atoms with E-state index in [-0.39, 0.29) is 5.56 Å². The van der Waals surface area contributed by atoms with E-state index in [2.05, 4.69) is 4.74 Å². The zero-order chi connectivity index (χ0) is 16.3. The van der Waals surface area contributed by atoms with Crippen LogP contribution in [0.1, 0.15) is 17.3 Å². The average Bonchev–Trinajstić information content (AvgIpc) is 2.37. The van der Waals surface area contributed by atoms with E-state index in [1.165, 1.54) is 12.1 Å². The lowest BCUT2D eigenvalue weighted by Crippen LogP contribution is -2.59. The molecule has 1 N–H and O–H groups in total. The van der Waals surface area contributed by atoms with Gasteiger partial charge in [0.1, 0.15) is 0 Å². The van der Waals surface area contributed by atoms with Gasteiger partial charge in [0.2, 0.25) is 0 Å². The fourth-order valence-corrected chi connectivity index (χ4v) is 1.73. The molecule has 0 spiro atoms. The number of methoxy groups -OCH3 is 1. The van der Waals surface area contributed by atoms with Gasteiger partial charge in [0.05, 0.1) is 6.61 Å². The van der Waals surface area contributed by atoms with Gasteiger partial charge in [-0.3, -0.25) is 4.79 Å². The van der Waals surface area contributed by atoms with Gasteiger partial charge < -0.3 is 15.0 Å². The van der Waals surface area contributed by atoms with Crippen LogP contribution in [0.5, 0.6) is 0 Å². The zero-order valence-corrected chi connectivity index (χ0v) is 12.4. The Balaban J connectivity index is 3.00. The Morgan fingerprint density at radius 2 is 1.95 bits per heavy atom. The summed E-state index contributed by atoms with van der Waals surface area (Å²) in [6.45, 7) is 0.236. The van der Waals surface area contributed by atoms with E-state index in [9.17, 15) is 18.0 Å². The van der Waals surface area contributed by atoms with E-state index in [0.29, 0.717) is 0 Å². The highest BCUT2D eigenvalue weighted by Crippen LogP contribution is 2.30. The molecule has 0 fully saturated rings. The molecule has 0 aliphatic carbocycles. The van der Waals surface area contributed by atoms with Gasteiger partial charge in [-0.1, -0.05) is 6.07 Å². The number of benzene rings is 1. The lowest BCUT2D eigenvalue weighted by atomic mass is 10.0. The highest BCUT2D eigenvalue weighted by Gasteiger charge is 2.52. The molecular formula is C14H19F3N2O2. The third-order valence-corrected chi connectivity index (χ3v) is 3.07. The van der Waals surface area contributed by atoms with Gasteiger partial charge in [0, 0.05) is 32.5 Å². The van der Waals surface area contributed by atoms with Crippen LogP contribution >= 0.6 is 0 Å². The number of nitrogens with one attached hydrogen (secondary N) is 1. The summed E-state index contributed by atoms with van der Waals surface area (Å²) in [4.78, 5) is 13.8. The second kappa shape index (κ2) is 6.34. The molecule has 0 unspecified atom stereocenters. The topological polar surface area (TPSA) is 41.6 Å². The average molecular weight is 304 g/mol. The van der Waals surface area contributed by atoms with Crippen LogP contribution in [0.15, 0.2) is 24.3 Å². The number of carbonyl (C=O) groups excluding carboxylic acids is 1. The van der Waals surface area contributed by atoms with Crippen molar-refractivity contribution in [3.05, 3.63) is 29.8 Å². The Morgan fingerprint density at radius 1 is 1.33 bits per heavy atom. The lowest BCUT2D eigenvalue weighted by molar-refractivity contribution is -0.200. The van der Waals surface area contributed by atoms with Gasteiger partial charge in [-0.05, 0) is 25.1 Å². The zero-order valence-electron chi connectivity index (χ0n) is 12.4. The van der Waals surface area contributed by atoms with E-state index >= 15 is 0 Å². The van der Waals surface area contributed by atoms with Crippen LogP contribution in [0.3, 0.4) is 0 Å². The van der Waals surface area contributed by atoms with Crippen molar-refractivity contribution in [3.63, 3.8) is 0 Å². The van der Waals surface area contributed by atoms with E-state index in [0.717, 1.165) is 19.7 Å². The summed E-state index contributed by atoms with van der Waals surface area (Å²) in [7, 11) is 4.71. The Morgan fingerprint density at radius 3 is 2.43 bits per heavy atom. The first-order valence-electron chi connectivity index (χ1n) is 6.26. The number of hydrogen-bond donors (Lipinski definition) is 1. The maximum absolute atomic E-state index is 13.1. The monoisotopic (exact) mass is 304 g/mol. The molecule has 0 saturated heterocycles. The van der Waals surface area contributed by atoms with Crippen molar-refractivity contribution in [2.75, 3.05) is 32.7 Å². The first-order chi connectivity index (χ1) is 9.60.